The van der Waals surface area contributed by atoms with E-state index >= 15 is 0 Å². The molecular weight excluding hydrogens is 344 g/mol. The molecule has 0 amide bonds. The molecule has 9 heteroatoms. The summed E-state index contributed by atoms with van der Waals surface area (Å²) in [5, 5.41) is 27.8. The highest BCUT2D eigenvalue weighted by Gasteiger charge is 2.35. The van der Waals surface area contributed by atoms with Gasteiger partial charge >= 0.3 is 5.97 Å². The standard InChI is InChI=1S/C12H9BrN4O4/c13-7-3-4-8(9(5-7)17(20)21)16-11(6-1-2-6)10(12(18)19)14-15-16/h3-6H,1-2H2,(H,18,19). The number of carbonyl (C=O) groups is 1. The fourth-order valence-corrected chi connectivity index (χ4v) is 2.51. The van der Waals surface area contributed by atoms with E-state index in [2.05, 4.69) is 26.2 Å². The van der Waals surface area contributed by atoms with Crippen LogP contribution >= 0.6 is 15.9 Å². The molecule has 0 aliphatic heterocycles. The minimum absolute atomic E-state index is 0.0364. The largest absolute Gasteiger partial charge is 0.476 e. The summed E-state index contributed by atoms with van der Waals surface area (Å²) in [6, 6.07) is 4.52. The van der Waals surface area contributed by atoms with Gasteiger partial charge in [-0.25, -0.2) is 9.48 Å². The predicted octanol–water partition coefficient (Wildman–Crippen LogP) is 2.51. The molecule has 1 N–H and O–H groups in total. The maximum Gasteiger partial charge on any atom is 0.358 e. The van der Waals surface area contributed by atoms with E-state index in [0.717, 1.165) is 12.8 Å². The van der Waals surface area contributed by atoms with E-state index in [1.54, 1.807) is 6.07 Å². The van der Waals surface area contributed by atoms with Crippen molar-refractivity contribution >= 4 is 27.6 Å². The van der Waals surface area contributed by atoms with E-state index in [-0.39, 0.29) is 23.0 Å². The van der Waals surface area contributed by atoms with Gasteiger partial charge in [0.2, 0.25) is 0 Å². The molecule has 1 aliphatic rings. The number of rotatable bonds is 4. The minimum Gasteiger partial charge on any atom is -0.476 e. The van der Waals surface area contributed by atoms with Gasteiger partial charge in [0.15, 0.2) is 5.69 Å². The van der Waals surface area contributed by atoms with Crippen LogP contribution in [0, 0.1) is 10.1 Å². The van der Waals surface area contributed by atoms with Crippen LogP contribution < -0.4 is 0 Å². The highest BCUT2D eigenvalue weighted by molar-refractivity contribution is 9.10. The Morgan fingerprint density at radius 2 is 2.19 bits per heavy atom. The van der Waals surface area contributed by atoms with Crippen molar-refractivity contribution in [2.24, 2.45) is 0 Å². The molecule has 1 aromatic heterocycles. The lowest BCUT2D eigenvalue weighted by molar-refractivity contribution is -0.384. The van der Waals surface area contributed by atoms with Crippen LogP contribution in [-0.2, 0) is 0 Å². The fourth-order valence-electron chi connectivity index (χ4n) is 2.16. The first-order valence-corrected chi connectivity index (χ1v) is 6.91. The number of hydrogen-bond donors (Lipinski definition) is 1. The van der Waals surface area contributed by atoms with Gasteiger partial charge in [-0.15, -0.1) is 5.10 Å². The molecule has 108 valence electrons. The van der Waals surface area contributed by atoms with E-state index in [4.69, 9.17) is 5.11 Å². The first-order valence-electron chi connectivity index (χ1n) is 6.12. The molecule has 0 unspecified atom stereocenters. The lowest BCUT2D eigenvalue weighted by Crippen LogP contribution is -2.07. The Hall–Kier alpha value is -2.29. The van der Waals surface area contributed by atoms with Crippen LogP contribution in [0.25, 0.3) is 5.69 Å². The lowest BCUT2D eigenvalue weighted by Gasteiger charge is -2.07. The van der Waals surface area contributed by atoms with E-state index in [1.165, 1.54) is 16.8 Å². The molecule has 0 radical (unpaired) electrons. The van der Waals surface area contributed by atoms with Gasteiger partial charge in [0.05, 0.1) is 10.6 Å². The number of halogens is 1. The van der Waals surface area contributed by atoms with E-state index < -0.39 is 10.9 Å². The molecule has 8 nitrogen and oxygen atoms in total. The lowest BCUT2D eigenvalue weighted by atomic mass is 10.2. The number of nitro groups is 1. The third-order valence-corrected chi connectivity index (χ3v) is 3.73. The molecule has 1 fully saturated rings. The molecule has 1 aromatic carbocycles. The zero-order valence-corrected chi connectivity index (χ0v) is 12.1. The maximum atomic E-state index is 11.2. The molecular formula is C12H9BrN4O4. The van der Waals surface area contributed by atoms with Gasteiger partial charge in [0.25, 0.3) is 5.69 Å². The number of nitro benzene ring substituents is 1. The first kappa shape index (κ1) is 13.7. The molecule has 3 rings (SSSR count). The monoisotopic (exact) mass is 352 g/mol. The van der Waals surface area contributed by atoms with Crippen LogP contribution in [0.1, 0.15) is 34.9 Å². The van der Waals surface area contributed by atoms with Gasteiger partial charge < -0.3 is 5.11 Å². The molecule has 21 heavy (non-hydrogen) atoms. The summed E-state index contributed by atoms with van der Waals surface area (Å²) in [5.41, 5.74) is 0.334. The van der Waals surface area contributed by atoms with Crippen molar-refractivity contribution in [1.82, 2.24) is 15.0 Å². The van der Waals surface area contributed by atoms with Gasteiger partial charge in [-0.3, -0.25) is 10.1 Å². The van der Waals surface area contributed by atoms with E-state index in [0.29, 0.717) is 10.2 Å². The number of benzene rings is 1. The Kier molecular flexibility index (Phi) is 3.20. The Morgan fingerprint density at radius 3 is 2.76 bits per heavy atom. The van der Waals surface area contributed by atoms with Crippen LogP contribution in [-0.4, -0.2) is 31.0 Å². The zero-order valence-electron chi connectivity index (χ0n) is 10.6. The molecule has 0 bridgehead atoms. The summed E-state index contributed by atoms with van der Waals surface area (Å²) in [6.07, 6.45) is 1.66. The van der Waals surface area contributed by atoms with Crippen LogP contribution in [0.3, 0.4) is 0 Å². The Bertz CT molecular complexity index is 754. The second-order valence-electron chi connectivity index (χ2n) is 4.70. The maximum absolute atomic E-state index is 11.2. The number of aromatic nitrogens is 3. The Labute approximate surface area is 126 Å². The summed E-state index contributed by atoms with van der Waals surface area (Å²) < 4.78 is 1.83. The van der Waals surface area contributed by atoms with Gasteiger partial charge in [-0.2, -0.15) is 0 Å². The van der Waals surface area contributed by atoms with Crippen LogP contribution in [0.15, 0.2) is 22.7 Å². The van der Waals surface area contributed by atoms with Gasteiger partial charge in [0, 0.05) is 16.5 Å². The van der Waals surface area contributed by atoms with Crippen molar-refractivity contribution in [2.75, 3.05) is 0 Å². The highest BCUT2D eigenvalue weighted by Crippen LogP contribution is 2.42. The summed E-state index contributed by atoms with van der Waals surface area (Å²) in [7, 11) is 0. The zero-order chi connectivity index (χ0) is 15.1. The predicted molar refractivity (Wildman–Crippen MR) is 74.6 cm³/mol. The topological polar surface area (TPSA) is 111 Å². The summed E-state index contributed by atoms with van der Waals surface area (Å²) in [4.78, 5) is 21.9. The highest BCUT2D eigenvalue weighted by atomic mass is 79.9. The minimum atomic E-state index is -1.18. The quantitative estimate of drug-likeness (QED) is 0.668. The van der Waals surface area contributed by atoms with Crippen molar-refractivity contribution in [3.8, 4) is 5.69 Å². The van der Waals surface area contributed by atoms with Crippen LogP contribution in [0.5, 0.6) is 0 Å². The van der Waals surface area contributed by atoms with E-state index in [9.17, 15) is 14.9 Å². The molecule has 1 saturated carbocycles. The third kappa shape index (κ3) is 2.40. The smallest absolute Gasteiger partial charge is 0.358 e. The number of hydrogen-bond acceptors (Lipinski definition) is 5. The number of nitrogens with zero attached hydrogens (tertiary/aromatic N) is 4. The number of aromatic carboxylic acids is 1. The summed E-state index contributed by atoms with van der Waals surface area (Å²) >= 11 is 3.18. The number of carboxylic acids is 1. The molecule has 1 aliphatic carbocycles. The van der Waals surface area contributed by atoms with Gasteiger partial charge in [0.1, 0.15) is 5.69 Å². The second kappa shape index (κ2) is 4.92. The molecule has 2 aromatic rings. The second-order valence-corrected chi connectivity index (χ2v) is 5.62. The summed E-state index contributed by atoms with van der Waals surface area (Å²) in [5.74, 6) is -1.14. The Morgan fingerprint density at radius 1 is 1.48 bits per heavy atom. The van der Waals surface area contributed by atoms with Crippen LogP contribution in [0.2, 0.25) is 0 Å². The summed E-state index contributed by atoms with van der Waals surface area (Å²) in [6.45, 7) is 0. The van der Waals surface area contributed by atoms with Crippen LogP contribution in [0.4, 0.5) is 5.69 Å². The van der Waals surface area contributed by atoms with Crippen molar-refractivity contribution in [1.29, 1.82) is 0 Å². The molecule has 0 spiro atoms. The Balaban J connectivity index is 2.22. The average molecular weight is 353 g/mol. The molecule has 0 atom stereocenters. The van der Waals surface area contributed by atoms with Crippen molar-refractivity contribution in [2.45, 2.75) is 18.8 Å². The van der Waals surface area contributed by atoms with Crippen molar-refractivity contribution < 1.29 is 14.8 Å². The molecule has 1 heterocycles. The van der Waals surface area contributed by atoms with Gasteiger partial charge in [-0.05, 0) is 25.0 Å². The van der Waals surface area contributed by atoms with Crippen molar-refractivity contribution in [3.05, 3.63) is 44.2 Å². The molecule has 0 saturated heterocycles. The average Bonchev–Trinajstić information content (AvgIpc) is 3.17. The normalized spacial score (nSPS) is 14.1. The van der Waals surface area contributed by atoms with Gasteiger partial charge in [-0.1, -0.05) is 21.1 Å². The van der Waals surface area contributed by atoms with E-state index in [1.807, 2.05) is 0 Å². The van der Waals surface area contributed by atoms with Crippen molar-refractivity contribution in [3.63, 3.8) is 0 Å². The fraction of sp³-hybridized carbons (Fsp3) is 0.250. The number of carboxylic acid groups (broad SMARTS) is 1. The first-order chi connectivity index (χ1) is 9.99. The third-order valence-electron chi connectivity index (χ3n) is 3.23. The SMILES string of the molecule is O=C(O)c1nnn(-c2ccc(Br)cc2[N+](=O)[O-])c1C1CC1.